The van der Waals surface area contributed by atoms with Gasteiger partial charge in [0.25, 0.3) is 5.91 Å². The number of alkyl halides is 1. The van der Waals surface area contributed by atoms with Gasteiger partial charge in [0.05, 0.1) is 38.1 Å². The van der Waals surface area contributed by atoms with E-state index in [1.807, 2.05) is 0 Å². The second-order valence-corrected chi connectivity index (χ2v) is 12.6. The van der Waals surface area contributed by atoms with Crippen LogP contribution in [0.15, 0.2) is 35.4 Å². The molecule has 300 valence electrons. The maximum atomic E-state index is 13.7. The van der Waals surface area contributed by atoms with Crippen molar-refractivity contribution in [3.63, 3.8) is 0 Å². The Labute approximate surface area is 319 Å². The average Bonchev–Trinajstić information content (AvgIpc) is 3.15. The Hall–Kier alpha value is -6.02. The highest BCUT2D eigenvalue weighted by Crippen LogP contribution is 2.13. The summed E-state index contributed by atoms with van der Waals surface area (Å²) in [5, 5.41) is 28.6. The van der Waals surface area contributed by atoms with Crippen LogP contribution in [0.3, 0.4) is 0 Å². The Morgan fingerprint density at radius 2 is 1.62 bits per heavy atom. The van der Waals surface area contributed by atoms with Crippen molar-refractivity contribution in [2.24, 2.45) is 10.8 Å². The summed E-state index contributed by atoms with van der Waals surface area (Å²) in [7, 11) is 0. The number of benzene rings is 1. The first-order chi connectivity index (χ1) is 26.3. The van der Waals surface area contributed by atoms with Gasteiger partial charge in [-0.2, -0.15) is 0 Å². The molecule has 1 aromatic rings. The number of ketones is 2. The Balaban J connectivity index is 0.00000232. The molecule has 2 rings (SSSR count). The van der Waals surface area contributed by atoms with E-state index in [0.717, 1.165) is 5.01 Å². The number of aliphatic carboxylic acids is 1. The monoisotopic (exact) mass is 770 g/mol. The average molecular weight is 771 g/mol. The lowest BCUT2D eigenvalue weighted by Gasteiger charge is -2.28. The molecule has 55 heavy (non-hydrogen) atoms. The maximum absolute atomic E-state index is 13.7. The number of halogens is 1. The van der Waals surface area contributed by atoms with Crippen molar-refractivity contribution in [1.29, 1.82) is 5.41 Å². The predicted octanol–water partition coefficient (Wildman–Crippen LogP) is 3.10. The summed E-state index contributed by atoms with van der Waals surface area (Å²) >= 11 is 0. The van der Waals surface area contributed by atoms with Gasteiger partial charge >= 0.3 is 12.0 Å². The third kappa shape index (κ3) is 21.3. The lowest BCUT2D eigenvalue weighted by Crippen LogP contribution is -2.59. The predicted molar refractivity (Wildman–Crippen MR) is 199 cm³/mol. The molecule has 8 N–H and O–H groups in total. The smallest absolute Gasteiger partial charge is 0.337 e. The number of amides is 5. The Kier molecular flexibility index (Phi) is 23.6. The number of hydrogen-bond donors (Lipinski definition) is 7. The SMILES string of the molecule is C#CCCCF.[N-]=[N+]=NCC(=O)CCCCC[C@@H]1NC(=O)N(Cc2ccccc2)NC(=O)[C@H](CC(=O)O)NC(=O)CCC(=O)[C@H](CCCCC(=N)N)NC1=O. The van der Waals surface area contributed by atoms with Crippen LogP contribution in [0, 0.1) is 17.8 Å². The quantitative estimate of drug-likeness (QED) is 0.0207. The first-order valence-corrected chi connectivity index (χ1v) is 17.9. The van der Waals surface area contributed by atoms with E-state index >= 15 is 0 Å². The Bertz CT molecular complexity index is 1550. The molecule has 0 bridgehead atoms. The molecule has 0 unspecified atom stereocenters. The number of nitrogens with two attached hydrogens (primary N) is 1. The summed E-state index contributed by atoms with van der Waals surface area (Å²) in [6.07, 6.45) is 7.18. The van der Waals surface area contributed by atoms with Gasteiger partial charge in [-0.3, -0.25) is 44.0 Å². The standard InChI is InChI=1S/C31H44N10O8.C5H7F/c32-26(33)14-8-7-12-22-25(43)15-16-27(44)36-24(17-28(45)46)30(48)39-41(19-20-9-3-1-4-10-20)31(49)38-23(29(47)37-22)13-6-2-5-11-21(42)18-35-40-34;1-2-3-4-5-6/h1,3-4,9-10,22-24H,2,5-8,11-19H2,(H3,32,33)(H,36,44)(H,37,47)(H,38,49)(H,39,48)(H,45,46);1H,3-5H2/t22-,23-,24-;/m0./s1. The van der Waals surface area contributed by atoms with E-state index in [9.17, 15) is 43.1 Å². The molecule has 1 heterocycles. The van der Waals surface area contributed by atoms with Gasteiger partial charge in [0.15, 0.2) is 5.78 Å². The number of amidine groups is 1. The number of carbonyl (C=O) groups is 7. The minimum atomic E-state index is -1.59. The summed E-state index contributed by atoms with van der Waals surface area (Å²) in [5.74, 6) is -2.30. The van der Waals surface area contributed by atoms with Gasteiger partial charge in [-0.1, -0.05) is 54.7 Å². The third-order valence-corrected chi connectivity index (χ3v) is 8.02. The zero-order chi connectivity index (χ0) is 41.0. The van der Waals surface area contributed by atoms with E-state index in [0.29, 0.717) is 50.5 Å². The van der Waals surface area contributed by atoms with E-state index in [-0.39, 0.29) is 63.5 Å². The number of rotatable bonds is 19. The second-order valence-electron chi connectivity index (χ2n) is 12.6. The van der Waals surface area contributed by atoms with Crippen molar-refractivity contribution in [2.45, 2.75) is 115 Å². The lowest BCUT2D eigenvalue weighted by atomic mass is 9.99. The van der Waals surface area contributed by atoms with Crippen molar-refractivity contribution in [2.75, 3.05) is 13.2 Å². The third-order valence-electron chi connectivity index (χ3n) is 8.02. The molecule has 19 heteroatoms. The van der Waals surface area contributed by atoms with Gasteiger partial charge in [0, 0.05) is 37.0 Å². The number of carbonyl (C=O) groups excluding carboxylic acids is 6. The summed E-state index contributed by atoms with van der Waals surface area (Å²) in [4.78, 5) is 92.6. The minimum absolute atomic E-state index is 0.0319. The summed E-state index contributed by atoms with van der Waals surface area (Å²) < 4.78 is 11.1. The fraction of sp³-hybridized carbons (Fsp3) is 0.556. The summed E-state index contributed by atoms with van der Waals surface area (Å²) in [6, 6.07) is 3.77. The molecule has 18 nitrogen and oxygen atoms in total. The van der Waals surface area contributed by atoms with Crippen molar-refractivity contribution < 1.29 is 43.1 Å². The highest BCUT2D eigenvalue weighted by Gasteiger charge is 2.32. The zero-order valence-corrected chi connectivity index (χ0v) is 30.8. The van der Waals surface area contributed by atoms with Gasteiger partial charge < -0.3 is 26.8 Å². The van der Waals surface area contributed by atoms with Gasteiger partial charge in [0.1, 0.15) is 17.9 Å². The van der Waals surface area contributed by atoms with Gasteiger partial charge in [-0.25, -0.2) is 9.80 Å². The van der Waals surface area contributed by atoms with Crippen LogP contribution in [0.1, 0.15) is 95.5 Å². The van der Waals surface area contributed by atoms with E-state index in [2.05, 4.69) is 37.3 Å². The van der Waals surface area contributed by atoms with E-state index in [1.165, 1.54) is 0 Å². The molecule has 5 amide bonds. The summed E-state index contributed by atoms with van der Waals surface area (Å²) in [5.41, 5.74) is 16.8. The highest BCUT2D eigenvalue weighted by atomic mass is 19.1. The zero-order valence-electron chi connectivity index (χ0n) is 30.8. The number of azide groups is 1. The number of carboxylic acid groups (broad SMARTS) is 1. The van der Waals surface area contributed by atoms with E-state index in [1.54, 1.807) is 30.3 Å². The Morgan fingerprint density at radius 1 is 0.945 bits per heavy atom. The molecule has 3 atom stereocenters. The van der Waals surface area contributed by atoms with Crippen LogP contribution < -0.4 is 27.1 Å². The molecule has 1 aromatic carbocycles. The van der Waals surface area contributed by atoms with E-state index < -0.39 is 66.5 Å². The number of hydrogen-bond acceptors (Lipinski definition) is 9. The number of nitrogens with zero attached hydrogens (tertiary/aromatic N) is 4. The maximum Gasteiger partial charge on any atom is 0.337 e. The highest BCUT2D eigenvalue weighted by molar-refractivity contribution is 5.96. The van der Waals surface area contributed by atoms with Crippen LogP contribution in [0.25, 0.3) is 10.4 Å². The van der Waals surface area contributed by atoms with Gasteiger partial charge in [0.2, 0.25) is 11.8 Å². The topological polar surface area (TPSA) is 290 Å². The number of carboxylic acids is 1. The molecular weight excluding hydrogens is 719 g/mol. The van der Waals surface area contributed by atoms with Crippen LogP contribution in [-0.2, 0) is 35.3 Å². The number of urea groups is 1. The van der Waals surface area contributed by atoms with Crippen molar-refractivity contribution in [3.05, 3.63) is 46.3 Å². The molecular formula is C36H51FN10O8. The molecule has 0 saturated carbocycles. The first kappa shape index (κ1) is 47.0. The van der Waals surface area contributed by atoms with Gasteiger partial charge in [-0.05, 0) is 43.2 Å². The molecule has 0 radical (unpaired) electrons. The molecule has 1 saturated heterocycles. The molecule has 0 aliphatic carbocycles. The van der Waals surface area contributed by atoms with Crippen LogP contribution in [0.4, 0.5) is 9.18 Å². The van der Waals surface area contributed by atoms with Gasteiger partial charge in [-0.15, -0.1) is 12.3 Å². The number of nitrogens with one attached hydrogen (secondary N) is 5. The number of Topliss-reactive ketones (excluding diaryl/α,β-unsaturated/α-hetero) is 2. The minimum Gasteiger partial charge on any atom is -0.481 e. The Morgan fingerprint density at radius 3 is 2.24 bits per heavy atom. The molecule has 1 fully saturated rings. The van der Waals surface area contributed by atoms with Crippen LogP contribution >= 0.6 is 0 Å². The number of unbranched alkanes of at least 4 members (excludes halogenated alkanes) is 4. The number of hydrazine groups is 1. The molecule has 1 aliphatic rings. The largest absolute Gasteiger partial charge is 0.481 e. The van der Waals surface area contributed by atoms with Crippen LogP contribution in [-0.4, -0.2) is 88.6 Å². The van der Waals surface area contributed by atoms with Crippen LogP contribution in [0.2, 0.25) is 0 Å². The fourth-order valence-corrected chi connectivity index (χ4v) is 5.15. The summed E-state index contributed by atoms with van der Waals surface area (Å²) in [6.45, 7) is -0.744. The fourth-order valence-electron chi connectivity index (χ4n) is 5.15. The number of terminal acetylenes is 1. The van der Waals surface area contributed by atoms with E-state index in [4.69, 9.17) is 23.1 Å². The lowest BCUT2D eigenvalue weighted by molar-refractivity contribution is -0.141. The van der Waals surface area contributed by atoms with Crippen molar-refractivity contribution in [3.8, 4) is 12.3 Å². The first-order valence-electron chi connectivity index (χ1n) is 17.9. The molecule has 1 aliphatic heterocycles. The van der Waals surface area contributed by atoms with Crippen molar-refractivity contribution >= 4 is 47.1 Å². The molecule has 0 spiro atoms. The van der Waals surface area contributed by atoms with Crippen molar-refractivity contribution in [1.82, 2.24) is 26.4 Å². The second kappa shape index (κ2) is 27.6. The van der Waals surface area contributed by atoms with Crippen LogP contribution in [0.5, 0.6) is 0 Å². The normalized spacial score (nSPS) is 17.9. The molecule has 0 aromatic heterocycles.